The molecule has 0 aliphatic rings. The second-order valence-corrected chi connectivity index (χ2v) is 3.72. The summed E-state index contributed by atoms with van der Waals surface area (Å²) in [6.45, 7) is 3.36. The van der Waals surface area contributed by atoms with Crippen LogP contribution in [0.15, 0.2) is 10.7 Å². The van der Waals surface area contributed by atoms with Crippen LogP contribution >= 0.6 is 0 Å². The lowest BCUT2D eigenvalue weighted by Gasteiger charge is -2.17. The number of rotatable bonds is 4. The molecule has 0 spiro atoms. The minimum Gasteiger partial charge on any atom is -0.481 e. The number of carboxylic acid groups (broad SMARTS) is 1. The van der Waals surface area contributed by atoms with E-state index in [-0.39, 0.29) is 12.4 Å². The van der Waals surface area contributed by atoms with Crippen LogP contribution in [0.2, 0.25) is 0 Å². The highest BCUT2D eigenvalue weighted by Crippen LogP contribution is 2.06. The molecule has 1 N–H and O–H groups in total. The number of hydrogen-bond acceptors (Lipinski definition) is 4. The maximum absolute atomic E-state index is 11.7. The fourth-order valence-electron chi connectivity index (χ4n) is 1.19. The van der Waals surface area contributed by atoms with Gasteiger partial charge in [0.05, 0.1) is 11.6 Å². The summed E-state index contributed by atoms with van der Waals surface area (Å²) in [5.74, 6) is -1.99. The van der Waals surface area contributed by atoms with E-state index in [0.717, 1.165) is 0 Å². The molecule has 88 valence electrons. The highest BCUT2D eigenvalue weighted by atomic mass is 16.4. The Hall–Kier alpha value is -1.85. The normalized spacial score (nSPS) is 12.2. The second-order valence-electron chi connectivity index (χ2n) is 3.72. The average Bonchev–Trinajstić information content (AvgIpc) is 2.63. The number of oxazole rings is 1. The summed E-state index contributed by atoms with van der Waals surface area (Å²) < 4.78 is 4.94. The maximum atomic E-state index is 11.7. The Labute approximate surface area is 92.9 Å². The summed E-state index contributed by atoms with van der Waals surface area (Å²) in [6, 6.07) is 0. The monoisotopic (exact) mass is 226 g/mol. The first-order chi connectivity index (χ1) is 7.41. The van der Waals surface area contributed by atoms with E-state index in [0.29, 0.717) is 5.69 Å². The molecule has 0 saturated heterocycles. The molecule has 0 saturated carbocycles. The lowest BCUT2D eigenvalue weighted by molar-refractivity contribution is -0.141. The van der Waals surface area contributed by atoms with Crippen molar-refractivity contribution in [3.05, 3.63) is 17.8 Å². The first-order valence-corrected chi connectivity index (χ1v) is 4.82. The van der Waals surface area contributed by atoms with Gasteiger partial charge in [0.25, 0.3) is 5.89 Å². The first-order valence-electron chi connectivity index (χ1n) is 4.82. The van der Waals surface area contributed by atoms with Crippen LogP contribution in [0.1, 0.15) is 23.3 Å². The lowest BCUT2D eigenvalue weighted by Crippen LogP contribution is -2.33. The van der Waals surface area contributed by atoms with Gasteiger partial charge in [-0.15, -0.1) is 0 Å². The van der Waals surface area contributed by atoms with Crippen molar-refractivity contribution in [3.8, 4) is 0 Å². The highest BCUT2D eigenvalue weighted by Gasteiger charge is 2.21. The van der Waals surface area contributed by atoms with Crippen LogP contribution in [0.3, 0.4) is 0 Å². The molecule has 1 rings (SSSR count). The third-order valence-electron chi connectivity index (χ3n) is 2.12. The molecule has 0 aliphatic heterocycles. The molecule has 0 aliphatic carbocycles. The van der Waals surface area contributed by atoms with Gasteiger partial charge in [0.2, 0.25) is 0 Å². The van der Waals surface area contributed by atoms with Crippen LogP contribution in [0.25, 0.3) is 0 Å². The number of carboxylic acids is 1. The number of nitrogens with zero attached hydrogens (tertiary/aromatic N) is 2. The molecule has 1 heterocycles. The molecule has 6 nitrogen and oxygen atoms in total. The zero-order valence-corrected chi connectivity index (χ0v) is 9.43. The molecule has 1 amide bonds. The predicted molar refractivity (Wildman–Crippen MR) is 55.0 cm³/mol. The topological polar surface area (TPSA) is 83.6 Å². The summed E-state index contributed by atoms with van der Waals surface area (Å²) in [4.78, 5) is 27.5. The molecule has 0 fully saturated rings. The van der Waals surface area contributed by atoms with Crippen molar-refractivity contribution in [2.45, 2.75) is 13.8 Å². The zero-order chi connectivity index (χ0) is 12.3. The zero-order valence-electron chi connectivity index (χ0n) is 9.43. The van der Waals surface area contributed by atoms with Crippen LogP contribution < -0.4 is 0 Å². The van der Waals surface area contributed by atoms with Crippen LogP contribution in [0, 0.1) is 12.8 Å². The smallest absolute Gasteiger partial charge is 0.309 e. The van der Waals surface area contributed by atoms with E-state index in [1.807, 2.05) is 0 Å². The summed E-state index contributed by atoms with van der Waals surface area (Å²) in [5.41, 5.74) is 0.614. The summed E-state index contributed by atoms with van der Waals surface area (Å²) in [7, 11) is 1.52. The molecule has 1 unspecified atom stereocenters. The molecule has 6 heteroatoms. The largest absolute Gasteiger partial charge is 0.481 e. The lowest BCUT2D eigenvalue weighted by atomic mass is 10.2. The Kier molecular flexibility index (Phi) is 3.65. The Morgan fingerprint density at radius 2 is 2.25 bits per heavy atom. The van der Waals surface area contributed by atoms with Crippen molar-refractivity contribution in [2.24, 2.45) is 5.92 Å². The number of amides is 1. The Morgan fingerprint density at radius 3 is 2.69 bits per heavy atom. The van der Waals surface area contributed by atoms with Crippen molar-refractivity contribution in [2.75, 3.05) is 13.6 Å². The number of hydrogen-bond donors (Lipinski definition) is 1. The van der Waals surface area contributed by atoms with Gasteiger partial charge in [0, 0.05) is 13.6 Å². The maximum Gasteiger partial charge on any atom is 0.309 e. The summed E-state index contributed by atoms with van der Waals surface area (Å²) in [6.07, 6.45) is 1.38. The standard InChI is InChI=1S/C10H14N2O4/c1-6(10(14)15)4-12(3)9(13)8-11-7(2)5-16-8/h5-6H,4H2,1-3H3,(H,14,15). The van der Waals surface area contributed by atoms with Crippen molar-refractivity contribution < 1.29 is 19.1 Å². The van der Waals surface area contributed by atoms with Crippen LogP contribution in [0.5, 0.6) is 0 Å². The van der Waals surface area contributed by atoms with Gasteiger partial charge in [-0.25, -0.2) is 4.98 Å². The fourth-order valence-corrected chi connectivity index (χ4v) is 1.19. The minimum absolute atomic E-state index is 0.0161. The van der Waals surface area contributed by atoms with Crippen molar-refractivity contribution >= 4 is 11.9 Å². The van der Waals surface area contributed by atoms with Gasteiger partial charge < -0.3 is 14.4 Å². The SMILES string of the molecule is Cc1coc(C(=O)N(C)CC(C)C(=O)O)n1. The number of aliphatic carboxylic acids is 1. The van der Waals surface area contributed by atoms with Gasteiger partial charge in [-0.1, -0.05) is 6.92 Å². The van der Waals surface area contributed by atoms with E-state index in [1.165, 1.54) is 25.1 Å². The van der Waals surface area contributed by atoms with E-state index >= 15 is 0 Å². The molecular weight excluding hydrogens is 212 g/mol. The van der Waals surface area contributed by atoms with Crippen molar-refractivity contribution in [1.82, 2.24) is 9.88 Å². The van der Waals surface area contributed by atoms with Crippen LogP contribution in [0.4, 0.5) is 0 Å². The number of carbonyl (C=O) groups excluding carboxylic acids is 1. The van der Waals surface area contributed by atoms with Gasteiger partial charge >= 0.3 is 11.9 Å². The molecular formula is C10H14N2O4. The molecule has 1 aromatic rings. The van der Waals surface area contributed by atoms with E-state index in [4.69, 9.17) is 9.52 Å². The van der Waals surface area contributed by atoms with E-state index in [9.17, 15) is 9.59 Å². The molecule has 1 atom stereocenters. The third kappa shape index (κ3) is 2.82. The average molecular weight is 226 g/mol. The molecule has 0 aromatic carbocycles. The molecule has 0 radical (unpaired) electrons. The van der Waals surface area contributed by atoms with E-state index in [1.54, 1.807) is 6.92 Å². The van der Waals surface area contributed by atoms with Gasteiger partial charge in [-0.3, -0.25) is 9.59 Å². The first kappa shape index (κ1) is 12.2. The van der Waals surface area contributed by atoms with Gasteiger partial charge in [0.15, 0.2) is 0 Å². The molecule has 16 heavy (non-hydrogen) atoms. The van der Waals surface area contributed by atoms with E-state index < -0.39 is 17.8 Å². The fraction of sp³-hybridized carbons (Fsp3) is 0.500. The van der Waals surface area contributed by atoms with Gasteiger partial charge in [-0.05, 0) is 6.92 Å². The van der Waals surface area contributed by atoms with Crippen LogP contribution in [-0.2, 0) is 4.79 Å². The third-order valence-corrected chi connectivity index (χ3v) is 2.12. The Bertz CT molecular complexity index is 399. The van der Waals surface area contributed by atoms with E-state index in [2.05, 4.69) is 4.98 Å². The quantitative estimate of drug-likeness (QED) is 0.820. The highest BCUT2D eigenvalue weighted by molar-refractivity contribution is 5.89. The molecule has 1 aromatic heterocycles. The summed E-state index contributed by atoms with van der Waals surface area (Å²) >= 11 is 0. The summed E-state index contributed by atoms with van der Waals surface area (Å²) in [5, 5.41) is 8.71. The minimum atomic E-state index is -0.941. The van der Waals surface area contributed by atoms with Crippen molar-refractivity contribution in [3.63, 3.8) is 0 Å². The van der Waals surface area contributed by atoms with Crippen LogP contribution in [-0.4, -0.2) is 40.5 Å². The molecule has 0 bridgehead atoms. The van der Waals surface area contributed by atoms with Gasteiger partial charge in [0.1, 0.15) is 6.26 Å². The van der Waals surface area contributed by atoms with Gasteiger partial charge in [-0.2, -0.15) is 0 Å². The number of aromatic nitrogens is 1. The second kappa shape index (κ2) is 4.78. The van der Waals surface area contributed by atoms with Crippen molar-refractivity contribution in [1.29, 1.82) is 0 Å². The number of aryl methyl sites for hydroxylation is 1. The Morgan fingerprint density at radius 1 is 1.62 bits per heavy atom. The predicted octanol–water partition coefficient (Wildman–Crippen LogP) is 0.776. The number of carbonyl (C=O) groups is 2. The Balaban J connectivity index is 2.64.